The summed E-state index contributed by atoms with van der Waals surface area (Å²) in [7, 11) is 0. The summed E-state index contributed by atoms with van der Waals surface area (Å²) < 4.78 is 6.17. The van der Waals surface area contributed by atoms with E-state index in [1.54, 1.807) is 41.8 Å². The van der Waals surface area contributed by atoms with Crippen molar-refractivity contribution < 1.29 is 9.53 Å². The van der Waals surface area contributed by atoms with Gasteiger partial charge in [-0.05, 0) is 24.6 Å². The van der Waals surface area contributed by atoms with Crippen LogP contribution in [-0.4, -0.2) is 21.2 Å². The van der Waals surface area contributed by atoms with Gasteiger partial charge >= 0.3 is 0 Å². The zero-order valence-electron chi connectivity index (χ0n) is 15.7. The van der Waals surface area contributed by atoms with Gasteiger partial charge in [0.1, 0.15) is 23.1 Å². The van der Waals surface area contributed by atoms with Gasteiger partial charge in [-0.3, -0.25) is 4.79 Å². The highest BCUT2D eigenvalue weighted by molar-refractivity contribution is 7.14. The average molecular weight is 402 g/mol. The van der Waals surface area contributed by atoms with Gasteiger partial charge in [0, 0.05) is 29.6 Å². The Bertz CT molecular complexity index is 1110. The van der Waals surface area contributed by atoms with Crippen molar-refractivity contribution in [3.05, 3.63) is 77.6 Å². The molecular weight excluding hydrogens is 384 g/mol. The molecule has 4 rings (SSSR count). The maximum Gasteiger partial charge on any atom is 0.208 e. The molecule has 0 atom stereocenters. The Kier molecular flexibility index (Phi) is 5.58. The number of ether oxygens (including phenoxy) is 1. The van der Waals surface area contributed by atoms with Crippen LogP contribution in [0, 0.1) is 0 Å². The topological polar surface area (TPSA) is 77.0 Å². The summed E-state index contributed by atoms with van der Waals surface area (Å²) >= 11 is 1.54. The largest absolute Gasteiger partial charge is 0.444 e. The van der Waals surface area contributed by atoms with E-state index in [9.17, 15) is 4.79 Å². The lowest BCUT2D eigenvalue weighted by molar-refractivity contribution is 0.112. The van der Waals surface area contributed by atoms with Crippen LogP contribution in [0.4, 0.5) is 11.6 Å². The standard InChI is InChI=1S/C22H18N4O2S/c1-2-20-26-21(16-6-4-3-5-7-16)22(29-20)28-17-10-11-23-19(12-17)25-18-9-8-15(14-27)13-24-18/h3-14H,2H2,1H3,(H,23,24,25). The molecule has 3 heterocycles. The van der Waals surface area contributed by atoms with Gasteiger partial charge in [-0.15, -0.1) is 0 Å². The van der Waals surface area contributed by atoms with Crippen LogP contribution >= 0.6 is 11.3 Å². The number of rotatable bonds is 7. The summed E-state index contributed by atoms with van der Waals surface area (Å²) in [5.74, 6) is 1.84. The second kappa shape index (κ2) is 8.62. The number of anilines is 2. The molecular formula is C22H18N4O2S. The van der Waals surface area contributed by atoms with Gasteiger partial charge in [0.05, 0.1) is 5.01 Å². The summed E-state index contributed by atoms with van der Waals surface area (Å²) in [5.41, 5.74) is 2.38. The van der Waals surface area contributed by atoms with Gasteiger partial charge < -0.3 is 10.1 Å². The molecule has 0 amide bonds. The predicted octanol–water partition coefficient (Wildman–Crippen LogP) is 5.51. The second-order valence-electron chi connectivity index (χ2n) is 6.16. The Balaban J connectivity index is 1.58. The third kappa shape index (κ3) is 4.47. The minimum absolute atomic E-state index is 0.519. The number of aldehydes is 1. The van der Waals surface area contributed by atoms with Crippen LogP contribution in [0.15, 0.2) is 67.0 Å². The highest BCUT2D eigenvalue weighted by Gasteiger charge is 2.15. The van der Waals surface area contributed by atoms with Crippen LogP contribution < -0.4 is 10.1 Å². The normalized spacial score (nSPS) is 10.5. The number of carbonyl (C=O) groups is 1. The number of nitrogens with zero attached hydrogens (tertiary/aromatic N) is 3. The first kappa shape index (κ1) is 18.8. The highest BCUT2D eigenvalue weighted by atomic mass is 32.1. The van der Waals surface area contributed by atoms with Crippen molar-refractivity contribution >= 4 is 29.3 Å². The molecule has 0 saturated heterocycles. The lowest BCUT2D eigenvalue weighted by atomic mass is 10.2. The molecule has 0 radical (unpaired) electrons. The van der Waals surface area contributed by atoms with Crippen molar-refractivity contribution in [3.63, 3.8) is 0 Å². The highest BCUT2D eigenvalue weighted by Crippen LogP contribution is 2.38. The lowest BCUT2D eigenvalue weighted by Gasteiger charge is -2.08. The van der Waals surface area contributed by atoms with E-state index >= 15 is 0 Å². The van der Waals surface area contributed by atoms with E-state index in [0.29, 0.717) is 22.9 Å². The van der Waals surface area contributed by atoms with Gasteiger partial charge in [0.25, 0.3) is 0 Å². The second-order valence-corrected chi connectivity index (χ2v) is 7.21. The number of carbonyl (C=O) groups excluding carboxylic acids is 1. The van der Waals surface area contributed by atoms with Crippen molar-refractivity contribution in [1.82, 2.24) is 15.0 Å². The maximum atomic E-state index is 10.8. The first-order chi connectivity index (χ1) is 14.2. The van der Waals surface area contributed by atoms with Gasteiger partial charge in [-0.1, -0.05) is 48.6 Å². The predicted molar refractivity (Wildman–Crippen MR) is 114 cm³/mol. The number of benzene rings is 1. The van der Waals surface area contributed by atoms with E-state index in [0.717, 1.165) is 34.0 Å². The molecule has 0 aliphatic carbocycles. The molecule has 0 aliphatic heterocycles. The SMILES string of the molecule is CCc1nc(-c2ccccc2)c(Oc2ccnc(Nc3ccc(C=O)cn3)c2)s1. The summed E-state index contributed by atoms with van der Waals surface area (Å²) in [6.45, 7) is 2.08. The number of hydrogen-bond donors (Lipinski definition) is 1. The lowest BCUT2D eigenvalue weighted by Crippen LogP contribution is -1.97. The van der Waals surface area contributed by atoms with Gasteiger partial charge in [0.15, 0.2) is 6.29 Å². The van der Waals surface area contributed by atoms with E-state index in [-0.39, 0.29) is 0 Å². The van der Waals surface area contributed by atoms with Crippen LogP contribution in [0.5, 0.6) is 10.8 Å². The Morgan fingerprint density at radius 1 is 1.07 bits per heavy atom. The zero-order valence-corrected chi connectivity index (χ0v) is 16.5. The molecule has 0 saturated carbocycles. The third-order valence-electron chi connectivity index (χ3n) is 4.11. The minimum Gasteiger partial charge on any atom is -0.444 e. The molecule has 0 spiro atoms. The van der Waals surface area contributed by atoms with Gasteiger partial charge in [-0.25, -0.2) is 15.0 Å². The number of aryl methyl sites for hydroxylation is 1. The van der Waals surface area contributed by atoms with Crippen LogP contribution in [0.1, 0.15) is 22.3 Å². The first-order valence-corrected chi connectivity index (χ1v) is 9.94. The van der Waals surface area contributed by atoms with Crippen LogP contribution in [0.2, 0.25) is 0 Å². The molecule has 1 aromatic carbocycles. The molecule has 0 bridgehead atoms. The fraction of sp³-hybridized carbons (Fsp3) is 0.0909. The molecule has 0 unspecified atom stereocenters. The van der Waals surface area contributed by atoms with Crippen LogP contribution in [0.25, 0.3) is 11.3 Å². The fourth-order valence-corrected chi connectivity index (χ4v) is 3.57. The minimum atomic E-state index is 0.519. The van der Waals surface area contributed by atoms with E-state index in [1.165, 1.54) is 6.20 Å². The summed E-state index contributed by atoms with van der Waals surface area (Å²) in [6.07, 6.45) is 4.78. The smallest absolute Gasteiger partial charge is 0.208 e. The quantitative estimate of drug-likeness (QED) is 0.411. The number of hydrogen-bond acceptors (Lipinski definition) is 7. The van der Waals surface area contributed by atoms with Crippen molar-refractivity contribution in [2.45, 2.75) is 13.3 Å². The number of nitrogens with one attached hydrogen (secondary N) is 1. The third-order valence-corrected chi connectivity index (χ3v) is 5.19. The molecule has 29 heavy (non-hydrogen) atoms. The number of thiazole rings is 1. The molecule has 7 heteroatoms. The number of aromatic nitrogens is 3. The van der Waals surface area contributed by atoms with Crippen molar-refractivity contribution in [2.24, 2.45) is 0 Å². The average Bonchev–Trinajstić information content (AvgIpc) is 3.18. The Labute approximate surface area is 172 Å². The zero-order chi connectivity index (χ0) is 20.1. The van der Waals surface area contributed by atoms with Crippen molar-refractivity contribution in [1.29, 1.82) is 0 Å². The Morgan fingerprint density at radius 2 is 1.93 bits per heavy atom. The number of pyridine rings is 2. The molecule has 0 fully saturated rings. The van der Waals surface area contributed by atoms with Crippen molar-refractivity contribution in [2.75, 3.05) is 5.32 Å². The van der Waals surface area contributed by atoms with E-state index in [2.05, 4.69) is 22.2 Å². The molecule has 3 aromatic heterocycles. The monoisotopic (exact) mass is 402 g/mol. The summed E-state index contributed by atoms with van der Waals surface area (Å²) in [6, 6.07) is 17.0. The van der Waals surface area contributed by atoms with E-state index in [4.69, 9.17) is 9.72 Å². The van der Waals surface area contributed by atoms with E-state index < -0.39 is 0 Å². The van der Waals surface area contributed by atoms with Crippen LogP contribution in [-0.2, 0) is 6.42 Å². The Hall–Kier alpha value is -3.58. The van der Waals surface area contributed by atoms with E-state index in [1.807, 2.05) is 30.3 Å². The molecule has 1 N–H and O–H groups in total. The van der Waals surface area contributed by atoms with Crippen molar-refractivity contribution in [3.8, 4) is 22.1 Å². The molecule has 0 aliphatic rings. The molecule has 4 aromatic rings. The molecule has 144 valence electrons. The van der Waals surface area contributed by atoms with Gasteiger partial charge in [0.2, 0.25) is 5.06 Å². The first-order valence-electron chi connectivity index (χ1n) is 9.12. The van der Waals surface area contributed by atoms with Gasteiger partial charge in [-0.2, -0.15) is 0 Å². The summed E-state index contributed by atoms with van der Waals surface area (Å²) in [4.78, 5) is 24.0. The molecule has 6 nitrogen and oxygen atoms in total. The van der Waals surface area contributed by atoms with Crippen LogP contribution in [0.3, 0.4) is 0 Å². The maximum absolute atomic E-state index is 10.8. The Morgan fingerprint density at radius 3 is 2.66 bits per heavy atom. The summed E-state index contributed by atoms with van der Waals surface area (Å²) in [5, 5.41) is 4.88. The fourth-order valence-electron chi connectivity index (χ4n) is 2.68.